The third kappa shape index (κ3) is 4.78. The lowest BCUT2D eigenvalue weighted by Gasteiger charge is -2.02. The molecule has 0 radical (unpaired) electrons. The van der Waals surface area contributed by atoms with Gasteiger partial charge >= 0.3 is 5.97 Å². The first kappa shape index (κ1) is 13.9. The van der Waals surface area contributed by atoms with E-state index in [1.165, 1.54) is 0 Å². The monoisotopic (exact) mass is 231 g/mol. The average Bonchev–Trinajstić information content (AvgIpc) is 2.19. The topological polar surface area (TPSA) is 69.6 Å². The van der Waals surface area contributed by atoms with Crippen LogP contribution in [0.2, 0.25) is 0 Å². The number of rotatable bonds is 5. The molecule has 0 spiro atoms. The minimum Gasteiger partial charge on any atom is -0.478 e. The molecular formula is C10H14ClNO3. The molecule has 5 heteroatoms. The molecule has 0 saturated carbocycles. The minimum atomic E-state index is -0.917. The molecule has 0 aromatic heterocycles. The average molecular weight is 232 g/mol. The lowest BCUT2D eigenvalue weighted by atomic mass is 10.1. The number of carboxylic acids is 1. The van der Waals surface area contributed by atoms with E-state index in [9.17, 15) is 4.79 Å². The molecule has 0 heterocycles. The predicted molar refractivity (Wildman–Crippen MR) is 59.4 cm³/mol. The van der Waals surface area contributed by atoms with Gasteiger partial charge in [-0.15, -0.1) is 12.4 Å². The zero-order valence-corrected chi connectivity index (χ0v) is 8.96. The van der Waals surface area contributed by atoms with Crippen molar-refractivity contribution in [3.63, 3.8) is 0 Å². The van der Waals surface area contributed by atoms with E-state index in [0.717, 1.165) is 5.56 Å². The third-order valence-corrected chi connectivity index (χ3v) is 1.82. The van der Waals surface area contributed by atoms with Crippen molar-refractivity contribution in [2.24, 2.45) is 0 Å². The SMILES string of the molecule is Cl.O=C(O)c1ccc(CNCCO)cc1. The van der Waals surface area contributed by atoms with Crippen LogP contribution in [0.3, 0.4) is 0 Å². The van der Waals surface area contributed by atoms with Crippen LogP contribution < -0.4 is 5.32 Å². The van der Waals surface area contributed by atoms with E-state index in [-0.39, 0.29) is 24.6 Å². The van der Waals surface area contributed by atoms with Crippen LogP contribution >= 0.6 is 12.4 Å². The van der Waals surface area contributed by atoms with Crippen LogP contribution in [0, 0.1) is 0 Å². The molecule has 0 saturated heterocycles. The van der Waals surface area contributed by atoms with Gasteiger partial charge in [-0.05, 0) is 17.7 Å². The van der Waals surface area contributed by atoms with Crippen molar-refractivity contribution in [2.45, 2.75) is 6.54 Å². The fraction of sp³-hybridized carbons (Fsp3) is 0.300. The van der Waals surface area contributed by atoms with Crippen molar-refractivity contribution < 1.29 is 15.0 Å². The van der Waals surface area contributed by atoms with Crippen LogP contribution in [-0.4, -0.2) is 29.3 Å². The Morgan fingerprint density at radius 3 is 2.33 bits per heavy atom. The quantitative estimate of drug-likeness (QED) is 0.659. The Morgan fingerprint density at radius 1 is 1.27 bits per heavy atom. The summed E-state index contributed by atoms with van der Waals surface area (Å²) >= 11 is 0. The standard InChI is InChI=1S/C10H13NO3.ClH/c12-6-5-11-7-8-1-3-9(4-2-8)10(13)14;/h1-4,11-12H,5-7H2,(H,13,14);1H. The van der Waals surface area contributed by atoms with E-state index in [1.54, 1.807) is 24.3 Å². The van der Waals surface area contributed by atoms with Crippen molar-refractivity contribution in [1.82, 2.24) is 5.32 Å². The molecule has 1 rings (SSSR count). The lowest BCUT2D eigenvalue weighted by Crippen LogP contribution is -2.17. The highest BCUT2D eigenvalue weighted by Gasteiger charge is 2.00. The summed E-state index contributed by atoms with van der Waals surface area (Å²) in [6.45, 7) is 1.29. The number of halogens is 1. The van der Waals surface area contributed by atoms with Gasteiger partial charge in [0.1, 0.15) is 0 Å². The smallest absolute Gasteiger partial charge is 0.335 e. The van der Waals surface area contributed by atoms with Crippen LogP contribution in [-0.2, 0) is 6.54 Å². The van der Waals surface area contributed by atoms with E-state index in [0.29, 0.717) is 13.1 Å². The highest BCUT2D eigenvalue weighted by Crippen LogP contribution is 2.03. The number of aromatic carboxylic acids is 1. The maximum atomic E-state index is 10.5. The first-order chi connectivity index (χ1) is 6.74. The largest absolute Gasteiger partial charge is 0.478 e. The van der Waals surface area contributed by atoms with Crippen LogP contribution in [0.4, 0.5) is 0 Å². The number of hydrogen-bond donors (Lipinski definition) is 3. The van der Waals surface area contributed by atoms with E-state index in [2.05, 4.69) is 5.32 Å². The Morgan fingerprint density at radius 2 is 1.87 bits per heavy atom. The highest BCUT2D eigenvalue weighted by molar-refractivity contribution is 5.87. The van der Waals surface area contributed by atoms with E-state index < -0.39 is 5.97 Å². The summed E-state index contributed by atoms with van der Waals surface area (Å²) in [4.78, 5) is 10.5. The number of benzene rings is 1. The number of nitrogens with one attached hydrogen (secondary N) is 1. The van der Waals surface area contributed by atoms with Crippen LogP contribution in [0.5, 0.6) is 0 Å². The van der Waals surface area contributed by atoms with Gasteiger partial charge in [0.05, 0.1) is 12.2 Å². The number of carbonyl (C=O) groups is 1. The van der Waals surface area contributed by atoms with Crippen LogP contribution in [0.25, 0.3) is 0 Å². The molecule has 0 fully saturated rings. The molecule has 0 atom stereocenters. The highest BCUT2D eigenvalue weighted by atomic mass is 35.5. The molecule has 0 aliphatic heterocycles. The number of carboxylic acid groups (broad SMARTS) is 1. The summed E-state index contributed by atoms with van der Waals surface area (Å²) in [6, 6.07) is 6.65. The van der Waals surface area contributed by atoms with Gasteiger partial charge < -0.3 is 15.5 Å². The van der Waals surface area contributed by atoms with Gasteiger partial charge in [0.15, 0.2) is 0 Å². The second-order valence-corrected chi connectivity index (χ2v) is 2.90. The van der Waals surface area contributed by atoms with E-state index in [4.69, 9.17) is 10.2 Å². The number of aliphatic hydroxyl groups is 1. The second kappa shape index (κ2) is 7.23. The molecule has 0 unspecified atom stereocenters. The summed E-state index contributed by atoms with van der Waals surface area (Å²) in [5, 5.41) is 20.2. The first-order valence-corrected chi connectivity index (χ1v) is 4.38. The maximum Gasteiger partial charge on any atom is 0.335 e. The van der Waals surface area contributed by atoms with E-state index >= 15 is 0 Å². The van der Waals surface area contributed by atoms with Gasteiger partial charge in [-0.25, -0.2) is 4.79 Å². The normalized spacial score (nSPS) is 9.40. The molecule has 0 bridgehead atoms. The molecule has 1 aromatic rings. The summed E-state index contributed by atoms with van der Waals surface area (Å²) in [5.74, 6) is -0.917. The minimum absolute atomic E-state index is 0. The van der Waals surface area contributed by atoms with Crippen molar-refractivity contribution in [3.05, 3.63) is 35.4 Å². The van der Waals surface area contributed by atoms with Gasteiger partial charge in [0, 0.05) is 13.1 Å². The van der Waals surface area contributed by atoms with Gasteiger partial charge in [0.25, 0.3) is 0 Å². The Hall–Kier alpha value is -1.10. The molecular weight excluding hydrogens is 218 g/mol. The second-order valence-electron chi connectivity index (χ2n) is 2.90. The lowest BCUT2D eigenvalue weighted by molar-refractivity contribution is 0.0697. The summed E-state index contributed by atoms with van der Waals surface area (Å²) < 4.78 is 0. The molecule has 1 aromatic carbocycles. The summed E-state index contributed by atoms with van der Waals surface area (Å²) in [7, 11) is 0. The first-order valence-electron chi connectivity index (χ1n) is 4.38. The summed E-state index contributed by atoms with van der Waals surface area (Å²) in [5.41, 5.74) is 1.29. The van der Waals surface area contributed by atoms with Crippen LogP contribution in [0.15, 0.2) is 24.3 Å². The molecule has 3 N–H and O–H groups in total. The number of aliphatic hydroxyl groups excluding tert-OH is 1. The van der Waals surface area contributed by atoms with Crippen molar-refractivity contribution in [2.75, 3.05) is 13.2 Å². The van der Waals surface area contributed by atoms with Gasteiger partial charge in [-0.2, -0.15) is 0 Å². The predicted octanol–water partition coefficient (Wildman–Crippen LogP) is 0.889. The molecule has 0 amide bonds. The Kier molecular flexibility index (Phi) is 6.70. The fourth-order valence-electron chi connectivity index (χ4n) is 1.08. The fourth-order valence-corrected chi connectivity index (χ4v) is 1.08. The van der Waals surface area contributed by atoms with Crippen molar-refractivity contribution >= 4 is 18.4 Å². The zero-order valence-electron chi connectivity index (χ0n) is 8.14. The zero-order chi connectivity index (χ0) is 10.4. The molecule has 84 valence electrons. The molecule has 0 aliphatic rings. The molecule has 15 heavy (non-hydrogen) atoms. The number of hydrogen-bond acceptors (Lipinski definition) is 3. The third-order valence-electron chi connectivity index (χ3n) is 1.82. The van der Waals surface area contributed by atoms with Crippen molar-refractivity contribution in [1.29, 1.82) is 0 Å². The molecule has 0 aliphatic carbocycles. The van der Waals surface area contributed by atoms with Gasteiger partial charge in [-0.3, -0.25) is 0 Å². The Balaban J connectivity index is 0.00000196. The van der Waals surface area contributed by atoms with Gasteiger partial charge in [-0.1, -0.05) is 12.1 Å². The van der Waals surface area contributed by atoms with Crippen molar-refractivity contribution in [3.8, 4) is 0 Å². The van der Waals surface area contributed by atoms with Crippen LogP contribution in [0.1, 0.15) is 15.9 Å². The summed E-state index contributed by atoms with van der Waals surface area (Å²) in [6.07, 6.45) is 0. The molecule has 4 nitrogen and oxygen atoms in total. The Labute approximate surface area is 94.3 Å². The van der Waals surface area contributed by atoms with Gasteiger partial charge in [0.2, 0.25) is 0 Å². The van der Waals surface area contributed by atoms with E-state index in [1.807, 2.05) is 0 Å². The maximum absolute atomic E-state index is 10.5. The Bertz CT molecular complexity index is 300.